The molecule has 19 heavy (non-hydrogen) atoms. The first-order valence-corrected chi connectivity index (χ1v) is 6.15. The van der Waals surface area contributed by atoms with Crippen LogP contribution >= 0.6 is 0 Å². The highest BCUT2D eigenvalue weighted by molar-refractivity contribution is 5.69. The zero-order valence-electron chi connectivity index (χ0n) is 11.1. The topological polar surface area (TPSA) is 0 Å². The molecule has 0 unspecified atom stereocenters. The summed E-state index contributed by atoms with van der Waals surface area (Å²) in [6, 6.07) is 6.49. The lowest BCUT2D eigenvalue weighted by Crippen LogP contribution is -1.98. The van der Waals surface area contributed by atoms with Crippen molar-refractivity contribution in [2.24, 2.45) is 0 Å². The highest BCUT2D eigenvalue weighted by atomic mass is 19.1. The first-order valence-electron chi connectivity index (χ1n) is 6.15. The van der Waals surface area contributed by atoms with Crippen molar-refractivity contribution in [3.63, 3.8) is 0 Å². The Morgan fingerprint density at radius 1 is 0.842 bits per heavy atom. The third kappa shape index (κ3) is 2.80. The predicted octanol–water partition coefficient (Wildman–Crippen LogP) is 5.20. The molecule has 0 N–H and O–H groups in total. The van der Waals surface area contributed by atoms with Crippen molar-refractivity contribution in [3.05, 3.63) is 58.9 Å². The summed E-state index contributed by atoms with van der Waals surface area (Å²) in [5, 5.41) is 0. The maximum atomic E-state index is 14.1. The molecule has 0 aromatic heterocycles. The van der Waals surface area contributed by atoms with Crippen LogP contribution in [0.2, 0.25) is 0 Å². The summed E-state index contributed by atoms with van der Waals surface area (Å²) in [5.74, 6) is -1.75. The number of hydrogen-bond acceptors (Lipinski definition) is 0. The molecule has 0 saturated carbocycles. The van der Waals surface area contributed by atoms with Crippen molar-refractivity contribution >= 4 is 0 Å². The lowest BCUT2D eigenvalue weighted by molar-refractivity contribution is 0.579. The number of halogens is 3. The van der Waals surface area contributed by atoms with Gasteiger partial charge < -0.3 is 0 Å². The Balaban J connectivity index is 2.73. The Labute approximate surface area is 110 Å². The van der Waals surface area contributed by atoms with Gasteiger partial charge in [-0.3, -0.25) is 0 Å². The molecule has 100 valence electrons. The summed E-state index contributed by atoms with van der Waals surface area (Å²) >= 11 is 0. The minimum absolute atomic E-state index is 0.0521. The molecule has 0 fully saturated rings. The lowest BCUT2D eigenvalue weighted by Gasteiger charge is -2.15. The van der Waals surface area contributed by atoms with Gasteiger partial charge in [-0.1, -0.05) is 19.9 Å². The van der Waals surface area contributed by atoms with Gasteiger partial charge in [0.2, 0.25) is 0 Å². The quantitative estimate of drug-likeness (QED) is 0.699. The van der Waals surface area contributed by atoms with E-state index in [9.17, 15) is 13.2 Å². The van der Waals surface area contributed by atoms with E-state index in [1.54, 1.807) is 13.0 Å². The van der Waals surface area contributed by atoms with E-state index in [2.05, 4.69) is 0 Å². The summed E-state index contributed by atoms with van der Waals surface area (Å²) in [5.41, 5.74) is 1.97. The fourth-order valence-electron chi connectivity index (χ4n) is 2.23. The van der Waals surface area contributed by atoms with Gasteiger partial charge in [-0.25, -0.2) is 13.2 Å². The molecule has 0 bridgehead atoms. The summed E-state index contributed by atoms with van der Waals surface area (Å²) in [7, 11) is 0. The number of benzene rings is 2. The molecular weight excluding hydrogens is 249 g/mol. The monoisotopic (exact) mass is 264 g/mol. The van der Waals surface area contributed by atoms with Crippen LogP contribution in [0.25, 0.3) is 11.1 Å². The van der Waals surface area contributed by atoms with Crippen LogP contribution < -0.4 is 0 Å². The van der Waals surface area contributed by atoms with E-state index < -0.39 is 17.5 Å². The van der Waals surface area contributed by atoms with E-state index >= 15 is 0 Å². The summed E-state index contributed by atoms with van der Waals surface area (Å²) in [6.07, 6.45) is 0. The average Bonchev–Trinajstić information content (AvgIpc) is 2.25. The normalized spacial score (nSPS) is 11.1. The molecule has 0 amide bonds. The smallest absolute Gasteiger partial charge is 0.134 e. The minimum Gasteiger partial charge on any atom is -0.207 e. The fourth-order valence-corrected chi connectivity index (χ4v) is 2.23. The minimum atomic E-state index is -0.659. The highest BCUT2D eigenvalue weighted by Gasteiger charge is 2.16. The van der Waals surface area contributed by atoms with Crippen LogP contribution in [-0.2, 0) is 0 Å². The van der Waals surface area contributed by atoms with Crippen LogP contribution in [0.1, 0.15) is 30.9 Å². The van der Waals surface area contributed by atoms with E-state index in [1.165, 1.54) is 18.2 Å². The third-order valence-corrected chi connectivity index (χ3v) is 3.04. The molecule has 0 aliphatic heterocycles. The van der Waals surface area contributed by atoms with Crippen molar-refractivity contribution < 1.29 is 13.2 Å². The maximum Gasteiger partial charge on any atom is 0.134 e. The third-order valence-electron chi connectivity index (χ3n) is 3.04. The Hall–Kier alpha value is -1.77. The number of aryl methyl sites for hydroxylation is 1. The molecule has 0 heterocycles. The van der Waals surface area contributed by atoms with Gasteiger partial charge in [0.1, 0.15) is 17.5 Å². The Morgan fingerprint density at radius 3 is 2.05 bits per heavy atom. The second-order valence-corrected chi connectivity index (χ2v) is 5.02. The molecule has 0 saturated heterocycles. The van der Waals surface area contributed by atoms with Crippen LogP contribution in [0, 0.1) is 24.4 Å². The molecule has 0 radical (unpaired) electrons. The Bertz CT molecular complexity index is 595. The van der Waals surface area contributed by atoms with Gasteiger partial charge in [-0.05, 0) is 47.7 Å². The maximum absolute atomic E-state index is 14.1. The van der Waals surface area contributed by atoms with Crippen molar-refractivity contribution in [3.8, 4) is 11.1 Å². The van der Waals surface area contributed by atoms with Crippen LogP contribution in [0.4, 0.5) is 13.2 Å². The van der Waals surface area contributed by atoms with Gasteiger partial charge in [0.25, 0.3) is 0 Å². The van der Waals surface area contributed by atoms with E-state index in [0.29, 0.717) is 16.7 Å². The van der Waals surface area contributed by atoms with E-state index in [0.717, 1.165) is 6.07 Å². The Kier molecular flexibility index (Phi) is 3.65. The first-order chi connectivity index (χ1) is 8.88. The van der Waals surface area contributed by atoms with Crippen LogP contribution in [0.3, 0.4) is 0 Å². The van der Waals surface area contributed by atoms with E-state index in [4.69, 9.17) is 0 Å². The van der Waals surface area contributed by atoms with Gasteiger partial charge >= 0.3 is 0 Å². The van der Waals surface area contributed by atoms with Gasteiger partial charge in [0.05, 0.1) is 0 Å². The van der Waals surface area contributed by atoms with Crippen molar-refractivity contribution in [2.45, 2.75) is 26.7 Å². The molecule has 0 nitrogen and oxygen atoms in total. The molecule has 2 aromatic rings. The molecule has 0 spiro atoms. The van der Waals surface area contributed by atoms with Crippen molar-refractivity contribution in [2.75, 3.05) is 0 Å². The summed E-state index contributed by atoms with van der Waals surface area (Å²) in [6.45, 7) is 5.44. The van der Waals surface area contributed by atoms with Gasteiger partial charge in [0.15, 0.2) is 0 Å². The highest BCUT2D eigenvalue weighted by Crippen LogP contribution is 2.33. The number of rotatable bonds is 2. The SMILES string of the molecule is Cc1cc(F)cc(-c2c(F)cc(F)cc2C(C)C)c1. The second-order valence-electron chi connectivity index (χ2n) is 5.02. The zero-order valence-corrected chi connectivity index (χ0v) is 11.1. The van der Waals surface area contributed by atoms with Gasteiger partial charge in [-0.15, -0.1) is 0 Å². The van der Waals surface area contributed by atoms with E-state index in [1.807, 2.05) is 13.8 Å². The molecule has 0 atom stereocenters. The second kappa shape index (κ2) is 5.08. The number of hydrogen-bond donors (Lipinski definition) is 0. The van der Waals surface area contributed by atoms with Crippen LogP contribution in [0.15, 0.2) is 30.3 Å². The molecule has 0 aliphatic carbocycles. The van der Waals surface area contributed by atoms with Gasteiger partial charge in [0, 0.05) is 11.6 Å². The molecule has 2 rings (SSSR count). The van der Waals surface area contributed by atoms with E-state index in [-0.39, 0.29) is 11.5 Å². The molecular formula is C16H15F3. The van der Waals surface area contributed by atoms with Crippen LogP contribution in [0.5, 0.6) is 0 Å². The summed E-state index contributed by atoms with van der Waals surface area (Å²) in [4.78, 5) is 0. The van der Waals surface area contributed by atoms with Gasteiger partial charge in [-0.2, -0.15) is 0 Å². The zero-order chi connectivity index (χ0) is 14.2. The summed E-state index contributed by atoms with van der Waals surface area (Å²) < 4.78 is 40.8. The molecule has 0 aliphatic rings. The van der Waals surface area contributed by atoms with Crippen LogP contribution in [-0.4, -0.2) is 0 Å². The first kappa shape index (κ1) is 13.7. The lowest BCUT2D eigenvalue weighted by atomic mass is 9.91. The predicted molar refractivity (Wildman–Crippen MR) is 70.6 cm³/mol. The molecule has 3 heteroatoms. The van der Waals surface area contributed by atoms with Crippen molar-refractivity contribution in [1.29, 1.82) is 0 Å². The average molecular weight is 264 g/mol. The van der Waals surface area contributed by atoms with Crippen molar-refractivity contribution in [1.82, 2.24) is 0 Å². The standard InChI is InChI=1S/C16H15F3/c1-9(2)14-7-13(18)8-15(19)16(14)11-4-10(3)5-12(17)6-11/h4-9H,1-3H3. The largest absolute Gasteiger partial charge is 0.207 e. The fraction of sp³-hybridized carbons (Fsp3) is 0.250. The molecule has 2 aromatic carbocycles. The Morgan fingerprint density at radius 2 is 1.47 bits per heavy atom.